The van der Waals surface area contributed by atoms with Crippen molar-refractivity contribution in [3.8, 4) is 0 Å². The fourth-order valence-electron chi connectivity index (χ4n) is 2.57. The van der Waals surface area contributed by atoms with E-state index in [1.54, 1.807) is 11.9 Å². The van der Waals surface area contributed by atoms with Crippen molar-refractivity contribution in [1.82, 2.24) is 14.0 Å². The van der Waals surface area contributed by atoms with Gasteiger partial charge in [0.05, 0.1) is 17.8 Å². The van der Waals surface area contributed by atoms with Gasteiger partial charge in [-0.2, -0.15) is 0 Å². The van der Waals surface area contributed by atoms with E-state index in [1.165, 1.54) is 30.0 Å². The molecule has 1 aromatic rings. The topological polar surface area (TPSA) is 73.5 Å². The van der Waals surface area contributed by atoms with Crippen LogP contribution in [0.25, 0.3) is 6.08 Å². The molecule has 22 heavy (non-hydrogen) atoms. The number of aryl methyl sites for hydroxylation is 1. The van der Waals surface area contributed by atoms with Crippen LogP contribution in [0.3, 0.4) is 0 Å². The summed E-state index contributed by atoms with van der Waals surface area (Å²) in [7, 11) is 2.97. The average Bonchev–Trinajstić information content (AvgIpc) is 2.46. The van der Waals surface area contributed by atoms with Gasteiger partial charge in [-0.15, -0.1) is 0 Å². The summed E-state index contributed by atoms with van der Waals surface area (Å²) in [4.78, 5) is 37.5. The van der Waals surface area contributed by atoms with E-state index < -0.39 is 11.2 Å². The van der Waals surface area contributed by atoms with E-state index in [0.29, 0.717) is 18.7 Å². The number of hydrogen-bond acceptors (Lipinski definition) is 4. The second kappa shape index (κ2) is 6.31. The Morgan fingerprint density at radius 3 is 2.41 bits per heavy atom. The Bertz CT molecular complexity index is 706. The summed E-state index contributed by atoms with van der Waals surface area (Å²) in [5.74, 6) is -0.169. The van der Waals surface area contributed by atoms with Crippen LogP contribution < -0.4 is 11.2 Å². The summed E-state index contributed by atoms with van der Waals surface area (Å²) in [6, 6.07) is 0. The van der Waals surface area contributed by atoms with Gasteiger partial charge in [-0.05, 0) is 19.9 Å². The van der Waals surface area contributed by atoms with Crippen molar-refractivity contribution in [3.05, 3.63) is 38.7 Å². The Balaban J connectivity index is 2.20. The summed E-state index contributed by atoms with van der Waals surface area (Å²) in [6.45, 7) is 4.89. The third-order valence-corrected chi connectivity index (χ3v) is 3.61. The fourth-order valence-corrected chi connectivity index (χ4v) is 2.57. The summed E-state index contributed by atoms with van der Waals surface area (Å²) in [6.07, 6.45) is 4.23. The third-order valence-electron chi connectivity index (χ3n) is 3.61. The van der Waals surface area contributed by atoms with Crippen molar-refractivity contribution in [2.75, 3.05) is 13.1 Å². The SMILES string of the molecule is CC1CN(C(=O)C=Cc2cn(C)c(=O)n(C)c2=O)CC(C)O1. The van der Waals surface area contributed by atoms with Crippen LogP contribution in [-0.2, 0) is 23.6 Å². The smallest absolute Gasteiger partial charge is 0.330 e. The summed E-state index contributed by atoms with van der Waals surface area (Å²) in [5.41, 5.74) is -0.521. The van der Waals surface area contributed by atoms with E-state index >= 15 is 0 Å². The normalized spacial score (nSPS) is 22.3. The van der Waals surface area contributed by atoms with E-state index in [-0.39, 0.29) is 18.1 Å². The minimum atomic E-state index is -0.420. The first kappa shape index (κ1) is 16.2. The van der Waals surface area contributed by atoms with Gasteiger partial charge in [0.1, 0.15) is 0 Å². The molecule has 2 heterocycles. The molecule has 0 aliphatic carbocycles. The predicted octanol–water partition coefficient (Wildman–Crippen LogP) is -0.267. The van der Waals surface area contributed by atoms with Crippen molar-refractivity contribution < 1.29 is 9.53 Å². The molecular formula is C15H21N3O4. The van der Waals surface area contributed by atoms with Crippen LogP contribution in [0.2, 0.25) is 0 Å². The summed E-state index contributed by atoms with van der Waals surface area (Å²) >= 11 is 0. The molecule has 2 rings (SSSR count). The Morgan fingerprint density at radius 1 is 1.23 bits per heavy atom. The van der Waals surface area contributed by atoms with Gasteiger partial charge < -0.3 is 14.2 Å². The van der Waals surface area contributed by atoms with Crippen LogP contribution in [0.1, 0.15) is 19.4 Å². The quantitative estimate of drug-likeness (QED) is 0.705. The van der Waals surface area contributed by atoms with Crippen molar-refractivity contribution in [1.29, 1.82) is 0 Å². The van der Waals surface area contributed by atoms with Gasteiger partial charge >= 0.3 is 5.69 Å². The number of carbonyl (C=O) groups excluding carboxylic acids is 1. The number of ether oxygens (including phenoxy) is 1. The number of morpholine rings is 1. The number of carbonyl (C=O) groups is 1. The molecule has 2 unspecified atom stereocenters. The van der Waals surface area contributed by atoms with Gasteiger partial charge in [-0.1, -0.05) is 0 Å². The molecule has 1 aliphatic heterocycles. The summed E-state index contributed by atoms with van der Waals surface area (Å²) in [5, 5.41) is 0. The molecule has 0 N–H and O–H groups in total. The lowest BCUT2D eigenvalue weighted by Crippen LogP contribution is -2.47. The van der Waals surface area contributed by atoms with Crippen LogP contribution >= 0.6 is 0 Å². The molecule has 7 nitrogen and oxygen atoms in total. The zero-order valence-corrected chi connectivity index (χ0v) is 13.3. The maximum Gasteiger partial charge on any atom is 0.330 e. The molecular weight excluding hydrogens is 286 g/mol. The predicted molar refractivity (Wildman–Crippen MR) is 82.5 cm³/mol. The van der Waals surface area contributed by atoms with Gasteiger partial charge in [-0.3, -0.25) is 14.2 Å². The second-order valence-electron chi connectivity index (χ2n) is 5.68. The molecule has 1 saturated heterocycles. The molecule has 1 aliphatic rings. The second-order valence-corrected chi connectivity index (χ2v) is 5.68. The van der Waals surface area contributed by atoms with Gasteiger partial charge in [0.15, 0.2) is 0 Å². The Hall–Kier alpha value is -2.15. The lowest BCUT2D eigenvalue weighted by molar-refractivity contribution is -0.137. The fraction of sp³-hybridized carbons (Fsp3) is 0.533. The van der Waals surface area contributed by atoms with Crippen molar-refractivity contribution >= 4 is 12.0 Å². The third kappa shape index (κ3) is 3.36. The molecule has 0 bridgehead atoms. The van der Waals surface area contributed by atoms with Crippen LogP contribution in [0.15, 0.2) is 21.9 Å². The molecule has 2 atom stereocenters. The zero-order chi connectivity index (χ0) is 16.4. The molecule has 120 valence electrons. The maximum atomic E-state index is 12.2. The Labute approximate surface area is 128 Å². The van der Waals surface area contributed by atoms with Gasteiger partial charge in [0, 0.05) is 39.5 Å². The molecule has 0 saturated carbocycles. The van der Waals surface area contributed by atoms with E-state index in [9.17, 15) is 14.4 Å². The van der Waals surface area contributed by atoms with E-state index in [4.69, 9.17) is 4.74 Å². The minimum Gasteiger partial charge on any atom is -0.372 e. The highest BCUT2D eigenvalue weighted by Crippen LogP contribution is 2.11. The largest absolute Gasteiger partial charge is 0.372 e. The molecule has 0 radical (unpaired) electrons. The molecule has 1 aromatic heterocycles. The zero-order valence-electron chi connectivity index (χ0n) is 13.3. The maximum absolute atomic E-state index is 12.2. The molecule has 1 fully saturated rings. The standard InChI is InChI=1S/C15H21N3O4/c1-10-7-18(8-11(2)22-10)13(19)6-5-12-9-16(3)15(21)17(4)14(12)20/h5-6,9-11H,7-8H2,1-4H3. The van der Waals surface area contributed by atoms with E-state index in [2.05, 4.69) is 0 Å². The van der Waals surface area contributed by atoms with Gasteiger partial charge in [0.2, 0.25) is 5.91 Å². The van der Waals surface area contributed by atoms with Gasteiger partial charge in [-0.25, -0.2) is 4.79 Å². The summed E-state index contributed by atoms with van der Waals surface area (Å²) < 4.78 is 7.91. The number of nitrogens with zero attached hydrogens (tertiary/aromatic N) is 3. The van der Waals surface area contributed by atoms with Crippen LogP contribution in [0, 0.1) is 0 Å². The van der Waals surface area contributed by atoms with Crippen molar-refractivity contribution in [2.45, 2.75) is 26.1 Å². The molecule has 7 heteroatoms. The number of rotatable bonds is 2. The minimum absolute atomic E-state index is 0.00786. The van der Waals surface area contributed by atoms with E-state index in [0.717, 1.165) is 4.57 Å². The highest BCUT2D eigenvalue weighted by Gasteiger charge is 2.24. The molecule has 0 spiro atoms. The highest BCUT2D eigenvalue weighted by molar-refractivity contribution is 5.91. The first-order chi connectivity index (χ1) is 10.3. The number of amides is 1. The Kier molecular flexibility index (Phi) is 4.65. The highest BCUT2D eigenvalue weighted by atomic mass is 16.5. The lowest BCUT2D eigenvalue weighted by Gasteiger charge is -2.34. The molecule has 0 aromatic carbocycles. The van der Waals surface area contributed by atoms with Gasteiger partial charge in [0.25, 0.3) is 5.56 Å². The van der Waals surface area contributed by atoms with Crippen LogP contribution in [0.5, 0.6) is 0 Å². The first-order valence-corrected chi connectivity index (χ1v) is 7.18. The first-order valence-electron chi connectivity index (χ1n) is 7.18. The molecule has 1 amide bonds. The average molecular weight is 307 g/mol. The number of hydrogen-bond donors (Lipinski definition) is 0. The number of aromatic nitrogens is 2. The van der Waals surface area contributed by atoms with Crippen molar-refractivity contribution in [3.63, 3.8) is 0 Å². The van der Waals surface area contributed by atoms with Crippen LogP contribution in [0.4, 0.5) is 0 Å². The van der Waals surface area contributed by atoms with Crippen molar-refractivity contribution in [2.24, 2.45) is 14.1 Å². The Morgan fingerprint density at radius 2 is 1.82 bits per heavy atom. The van der Waals surface area contributed by atoms with E-state index in [1.807, 2.05) is 13.8 Å². The monoisotopic (exact) mass is 307 g/mol. The van der Waals surface area contributed by atoms with Crippen LogP contribution in [-0.4, -0.2) is 45.2 Å². The lowest BCUT2D eigenvalue weighted by atomic mass is 10.2.